The number of aryl methyl sites for hydroxylation is 1. The second-order valence-corrected chi connectivity index (χ2v) is 7.79. The lowest BCUT2D eigenvalue weighted by molar-refractivity contribution is 0.0942. The molecule has 4 heterocycles. The largest absolute Gasteiger partial charge is 0.376 e. The van der Waals surface area contributed by atoms with Crippen LogP contribution in [0.25, 0.3) is 0 Å². The summed E-state index contributed by atoms with van der Waals surface area (Å²) in [4.78, 5) is 35.3. The van der Waals surface area contributed by atoms with Crippen LogP contribution in [0.15, 0.2) is 49.1 Å². The Balaban J connectivity index is 1.39. The van der Waals surface area contributed by atoms with Gasteiger partial charge in [-0.25, -0.2) is 4.98 Å². The molecule has 0 aliphatic carbocycles. The summed E-state index contributed by atoms with van der Waals surface area (Å²) in [5.74, 6) is 0.351. The summed E-state index contributed by atoms with van der Waals surface area (Å²) in [6.07, 6.45) is 8.06. The molecule has 0 bridgehead atoms. The highest BCUT2D eigenvalue weighted by atomic mass is 16.2. The van der Waals surface area contributed by atoms with E-state index in [0.29, 0.717) is 36.5 Å². The van der Waals surface area contributed by atoms with Gasteiger partial charge in [0.15, 0.2) is 0 Å². The van der Waals surface area contributed by atoms with Crippen molar-refractivity contribution in [2.24, 2.45) is 5.92 Å². The summed E-state index contributed by atoms with van der Waals surface area (Å²) in [7, 11) is 3.87. The Morgan fingerprint density at radius 1 is 1.16 bits per heavy atom. The first-order chi connectivity index (χ1) is 15.0. The van der Waals surface area contributed by atoms with Gasteiger partial charge in [-0.2, -0.15) is 5.10 Å². The van der Waals surface area contributed by atoms with Crippen LogP contribution in [0, 0.1) is 5.92 Å². The quantitative estimate of drug-likeness (QED) is 0.633. The molecule has 9 nitrogen and oxygen atoms in total. The molecular formula is C22H25N7O2. The molecule has 3 aromatic heterocycles. The van der Waals surface area contributed by atoms with Gasteiger partial charge in [-0.15, -0.1) is 0 Å². The van der Waals surface area contributed by atoms with Gasteiger partial charge in [0.2, 0.25) is 0 Å². The molecule has 0 radical (unpaired) electrons. The van der Waals surface area contributed by atoms with Crippen molar-refractivity contribution < 1.29 is 9.59 Å². The number of hydrogen-bond donors (Lipinski definition) is 2. The first kappa shape index (κ1) is 20.5. The van der Waals surface area contributed by atoms with Gasteiger partial charge < -0.3 is 15.5 Å². The van der Waals surface area contributed by atoms with Gasteiger partial charge in [-0.05, 0) is 43.0 Å². The van der Waals surface area contributed by atoms with Crippen LogP contribution in [0.2, 0.25) is 0 Å². The number of carbonyl (C=O) groups is 2. The minimum Gasteiger partial charge on any atom is -0.376 e. The summed E-state index contributed by atoms with van der Waals surface area (Å²) in [6.45, 7) is 1.25. The Bertz CT molecular complexity index is 1060. The van der Waals surface area contributed by atoms with Crippen molar-refractivity contribution in [3.63, 3.8) is 0 Å². The maximum Gasteiger partial charge on any atom is 0.260 e. The Kier molecular flexibility index (Phi) is 5.92. The predicted octanol–water partition coefficient (Wildman–Crippen LogP) is 1.98. The third-order valence-electron chi connectivity index (χ3n) is 5.41. The van der Waals surface area contributed by atoms with E-state index in [1.165, 1.54) is 0 Å². The average Bonchev–Trinajstić information content (AvgIpc) is 3.22. The van der Waals surface area contributed by atoms with E-state index >= 15 is 0 Å². The topological polar surface area (TPSA) is 105 Å². The fraction of sp³-hybridized carbons (Fsp3) is 0.318. The Morgan fingerprint density at radius 2 is 2.03 bits per heavy atom. The number of nitrogens with one attached hydrogen (secondary N) is 2. The summed E-state index contributed by atoms with van der Waals surface area (Å²) < 4.78 is 1.87. The number of rotatable bonds is 6. The summed E-state index contributed by atoms with van der Waals surface area (Å²) in [6, 6.07) is 7.15. The maximum atomic E-state index is 12.8. The molecular weight excluding hydrogens is 394 g/mol. The predicted molar refractivity (Wildman–Crippen MR) is 117 cm³/mol. The standard InChI is InChI=1S/C22H25N7O2/c1-28(2)17-5-6-20(24-13-17)27-22(31)18-14-26-29-9-7-15(10-19(18)29)11-25-21(30)16-4-3-8-23-12-16/h3-6,8,12-15H,7,9-11H2,1-2H3,(H,25,30)(H,24,27,31). The molecule has 0 fully saturated rings. The highest BCUT2D eigenvalue weighted by Gasteiger charge is 2.26. The molecule has 1 aliphatic rings. The van der Waals surface area contributed by atoms with Gasteiger partial charge in [0.1, 0.15) is 5.82 Å². The third-order valence-corrected chi connectivity index (χ3v) is 5.41. The smallest absolute Gasteiger partial charge is 0.260 e. The molecule has 1 atom stereocenters. The van der Waals surface area contributed by atoms with Gasteiger partial charge >= 0.3 is 0 Å². The third kappa shape index (κ3) is 4.71. The van der Waals surface area contributed by atoms with Crippen LogP contribution >= 0.6 is 0 Å². The zero-order valence-electron chi connectivity index (χ0n) is 17.6. The molecule has 0 saturated carbocycles. The number of carbonyl (C=O) groups excluding carboxylic acids is 2. The van der Waals surface area contributed by atoms with E-state index in [1.807, 2.05) is 29.7 Å². The summed E-state index contributed by atoms with van der Waals surface area (Å²) in [5.41, 5.74) is 2.92. The Morgan fingerprint density at radius 3 is 2.74 bits per heavy atom. The van der Waals surface area contributed by atoms with E-state index in [9.17, 15) is 9.59 Å². The SMILES string of the molecule is CN(C)c1ccc(NC(=O)c2cnn3c2CC(CNC(=O)c2cccnc2)CC3)nc1. The number of nitrogens with zero attached hydrogens (tertiary/aromatic N) is 5. The lowest BCUT2D eigenvalue weighted by Crippen LogP contribution is -2.33. The molecule has 0 saturated heterocycles. The zero-order valence-corrected chi connectivity index (χ0v) is 17.6. The van der Waals surface area contributed by atoms with Crippen molar-refractivity contribution >= 4 is 23.3 Å². The van der Waals surface area contributed by atoms with Crippen LogP contribution in [0.5, 0.6) is 0 Å². The van der Waals surface area contributed by atoms with Gasteiger partial charge in [0.25, 0.3) is 11.8 Å². The number of anilines is 2. The van der Waals surface area contributed by atoms with Crippen molar-refractivity contribution in [2.45, 2.75) is 19.4 Å². The van der Waals surface area contributed by atoms with Gasteiger partial charge in [-0.1, -0.05) is 0 Å². The molecule has 2 amide bonds. The monoisotopic (exact) mass is 419 g/mol. The second-order valence-electron chi connectivity index (χ2n) is 7.79. The maximum absolute atomic E-state index is 12.8. The van der Waals surface area contributed by atoms with E-state index in [0.717, 1.165) is 17.8 Å². The lowest BCUT2D eigenvalue weighted by Gasteiger charge is -2.24. The fourth-order valence-electron chi connectivity index (χ4n) is 3.61. The summed E-state index contributed by atoms with van der Waals surface area (Å²) in [5, 5.41) is 10.2. The minimum atomic E-state index is -0.230. The highest BCUT2D eigenvalue weighted by molar-refractivity contribution is 6.04. The van der Waals surface area contributed by atoms with Crippen LogP contribution in [0.4, 0.5) is 11.5 Å². The minimum absolute atomic E-state index is 0.141. The van der Waals surface area contributed by atoms with Gasteiger partial charge in [0.05, 0.1) is 34.9 Å². The molecule has 3 aromatic rings. The van der Waals surface area contributed by atoms with E-state index in [-0.39, 0.29) is 17.7 Å². The number of hydrogen-bond acceptors (Lipinski definition) is 6. The van der Waals surface area contributed by atoms with E-state index in [4.69, 9.17) is 0 Å². The van der Waals surface area contributed by atoms with Crippen molar-refractivity contribution in [3.05, 3.63) is 65.9 Å². The molecule has 31 heavy (non-hydrogen) atoms. The Labute approximate surface area is 180 Å². The summed E-state index contributed by atoms with van der Waals surface area (Å²) >= 11 is 0. The Hall–Kier alpha value is -3.75. The molecule has 9 heteroatoms. The fourth-order valence-corrected chi connectivity index (χ4v) is 3.61. The number of amides is 2. The number of fused-ring (bicyclic) bond motifs is 1. The van der Waals surface area contributed by atoms with Gasteiger partial charge in [-0.3, -0.25) is 19.3 Å². The molecule has 4 rings (SSSR count). The number of pyridine rings is 2. The van der Waals surface area contributed by atoms with Gasteiger partial charge in [0, 0.05) is 39.6 Å². The normalized spacial score (nSPS) is 15.1. The molecule has 2 N–H and O–H groups in total. The van der Waals surface area contributed by atoms with Crippen LogP contribution in [-0.2, 0) is 13.0 Å². The zero-order chi connectivity index (χ0) is 21.8. The average molecular weight is 419 g/mol. The molecule has 0 aromatic carbocycles. The van der Waals surface area contributed by atoms with E-state index in [2.05, 4.69) is 25.7 Å². The molecule has 0 spiro atoms. The van der Waals surface area contributed by atoms with Crippen molar-refractivity contribution in [2.75, 3.05) is 30.9 Å². The first-order valence-electron chi connectivity index (χ1n) is 10.2. The molecule has 1 aliphatic heterocycles. The lowest BCUT2D eigenvalue weighted by atomic mass is 9.94. The number of aromatic nitrogens is 4. The van der Waals surface area contributed by atoms with Crippen molar-refractivity contribution in [3.8, 4) is 0 Å². The van der Waals surface area contributed by atoms with Crippen LogP contribution in [0.1, 0.15) is 32.8 Å². The van der Waals surface area contributed by atoms with Crippen LogP contribution < -0.4 is 15.5 Å². The van der Waals surface area contributed by atoms with E-state index in [1.54, 1.807) is 43.0 Å². The van der Waals surface area contributed by atoms with Crippen molar-refractivity contribution in [1.82, 2.24) is 25.1 Å². The van der Waals surface area contributed by atoms with Crippen molar-refractivity contribution in [1.29, 1.82) is 0 Å². The molecule has 160 valence electrons. The molecule has 1 unspecified atom stereocenters. The first-order valence-corrected chi connectivity index (χ1v) is 10.2. The van der Waals surface area contributed by atoms with Crippen LogP contribution in [-0.4, -0.2) is 52.2 Å². The second kappa shape index (κ2) is 8.95. The highest BCUT2D eigenvalue weighted by Crippen LogP contribution is 2.23. The van der Waals surface area contributed by atoms with Crippen LogP contribution in [0.3, 0.4) is 0 Å². The van der Waals surface area contributed by atoms with E-state index < -0.39 is 0 Å².